The van der Waals surface area contributed by atoms with Gasteiger partial charge in [-0.1, -0.05) is 44.2 Å². The largest absolute Gasteiger partial charge is 0.342 e. The predicted molar refractivity (Wildman–Crippen MR) is 190 cm³/mol. The van der Waals surface area contributed by atoms with Gasteiger partial charge in [-0.3, -0.25) is 19.4 Å². The zero-order chi connectivity index (χ0) is 34.2. The van der Waals surface area contributed by atoms with Crippen LogP contribution in [0.25, 0.3) is 0 Å². The molecule has 1 N–H and O–H groups in total. The number of nitrogens with one attached hydrogen (secondary N) is 1. The normalized spacial score (nSPS) is 28.1. The Morgan fingerprint density at radius 1 is 1.02 bits per heavy atom. The maximum absolute atomic E-state index is 15.7. The average Bonchev–Trinajstić information content (AvgIpc) is 3.23. The number of urea groups is 1. The molecule has 1 aromatic carbocycles. The number of benzene rings is 1. The van der Waals surface area contributed by atoms with Crippen molar-refractivity contribution >= 4 is 35.3 Å². The molecule has 4 heterocycles. The van der Waals surface area contributed by atoms with Crippen molar-refractivity contribution in [1.29, 1.82) is 0 Å². The lowest BCUT2D eigenvalue weighted by Gasteiger charge is -2.47. The summed E-state index contributed by atoms with van der Waals surface area (Å²) >= 11 is 1.55. The molecule has 0 aromatic heterocycles. The second kappa shape index (κ2) is 14.5. The quantitative estimate of drug-likeness (QED) is 0.427. The van der Waals surface area contributed by atoms with Crippen molar-refractivity contribution in [3.63, 3.8) is 0 Å². The number of fused-ring (bicyclic) bond motifs is 1. The lowest BCUT2D eigenvalue weighted by molar-refractivity contribution is -0.137. The van der Waals surface area contributed by atoms with Crippen molar-refractivity contribution in [1.82, 2.24) is 24.5 Å². The second-order valence-electron chi connectivity index (χ2n) is 15.4. The first-order valence-electron chi connectivity index (χ1n) is 17.8. The summed E-state index contributed by atoms with van der Waals surface area (Å²) in [5.41, 5.74) is 2.08. The van der Waals surface area contributed by atoms with E-state index in [1.807, 2.05) is 32.9 Å². The molecule has 4 aliphatic heterocycles. The van der Waals surface area contributed by atoms with Crippen LogP contribution < -0.4 is 5.32 Å². The molecule has 1 aromatic rings. The first-order valence-corrected chi connectivity index (χ1v) is 18.8. The van der Waals surface area contributed by atoms with Crippen molar-refractivity contribution in [2.75, 3.05) is 57.7 Å². The maximum atomic E-state index is 15.7. The van der Waals surface area contributed by atoms with Gasteiger partial charge in [-0.15, -0.1) is 11.8 Å². The van der Waals surface area contributed by atoms with Gasteiger partial charge in [0.25, 0.3) is 0 Å². The van der Waals surface area contributed by atoms with Gasteiger partial charge >= 0.3 is 6.03 Å². The van der Waals surface area contributed by atoms with Crippen LogP contribution in [-0.4, -0.2) is 123 Å². The number of amides is 4. The van der Waals surface area contributed by atoms with Crippen molar-refractivity contribution in [2.24, 2.45) is 11.8 Å². The van der Waals surface area contributed by atoms with Crippen molar-refractivity contribution < 1.29 is 18.8 Å². The molecule has 3 saturated heterocycles. The Hall–Kier alpha value is -2.89. The van der Waals surface area contributed by atoms with E-state index in [1.165, 1.54) is 0 Å². The SMILES string of the molecule is CC(C)CN1C(=O)[C@H](CC(=O)N2CCC(N3CCc4ccccc4NC3=O)CC2)S[C@@H]1C1C=CC=C(F)C1N1CCN(C(C)(C)C)CC1. The Labute approximate surface area is 289 Å². The fourth-order valence-corrected chi connectivity index (χ4v) is 9.67. The number of carbonyl (C=O) groups is 3. The topological polar surface area (TPSA) is 79.4 Å². The number of piperazine rings is 1. The summed E-state index contributed by atoms with van der Waals surface area (Å²) in [6.07, 6.45) is 7.82. The van der Waals surface area contributed by atoms with E-state index in [9.17, 15) is 14.4 Å². The summed E-state index contributed by atoms with van der Waals surface area (Å²) in [6.45, 7) is 16.5. The molecule has 1 aliphatic carbocycles. The number of rotatable bonds is 7. The van der Waals surface area contributed by atoms with E-state index in [4.69, 9.17) is 0 Å². The Balaban J connectivity index is 1.09. The summed E-state index contributed by atoms with van der Waals surface area (Å²) in [7, 11) is 0. The number of anilines is 1. The summed E-state index contributed by atoms with van der Waals surface area (Å²) in [5, 5.41) is 2.33. The van der Waals surface area contributed by atoms with E-state index in [1.54, 1.807) is 23.9 Å². The molecule has 0 saturated carbocycles. The maximum Gasteiger partial charge on any atom is 0.322 e. The molecule has 3 fully saturated rings. The van der Waals surface area contributed by atoms with Gasteiger partial charge in [0.05, 0.1) is 16.7 Å². The highest BCUT2D eigenvalue weighted by Gasteiger charge is 2.49. The van der Waals surface area contributed by atoms with E-state index in [2.05, 4.69) is 61.9 Å². The van der Waals surface area contributed by atoms with Crippen molar-refractivity contribution in [3.8, 4) is 0 Å². The molecule has 0 bridgehead atoms. The number of carbonyl (C=O) groups excluding carboxylic acids is 3. The number of hydrogen-bond acceptors (Lipinski definition) is 6. The third-order valence-electron chi connectivity index (χ3n) is 10.7. The Kier molecular flexibility index (Phi) is 10.6. The van der Waals surface area contributed by atoms with E-state index in [-0.39, 0.29) is 58.9 Å². The van der Waals surface area contributed by atoms with Gasteiger partial charge in [-0.2, -0.15) is 0 Å². The molecule has 5 aliphatic rings. The molecule has 48 heavy (non-hydrogen) atoms. The number of hydrogen-bond donors (Lipinski definition) is 1. The Bertz CT molecular complexity index is 1410. The summed E-state index contributed by atoms with van der Waals surface area (Å²) in [4.78, 5) is 51.2. The first-order chi connectivity index (χ1) is 22.9. The number of thioether (sulfide) groups is 1. The van der Waals surface area contributed by atoms with E-state index in [0.717, 1.165) is 43.9 Å². The summed E-state index contributed by atoms with van der Waals surface area (Å²) in [5.74, 6) is -0.129. The second-order valence-corrected chi connectivity index (χ2v) is 16.7. The minimum Gasteiger partial charge on any atom is -0.342 e. The highest BCUT2D eigenvalue weighted by molar-refractivity contribution is 8.01. The fourth-order valence-electron chi connectivity index (χ4n) is 8.09. The third kappa shape index (κ3) is 7.48. The highest BCUT2D eigenvalue weighted by atomic mass is 32.2. The molecule has 262 valence electrons. The van der Waals surface area contributed by atoms with Crippen LogP contribution in [0.2, 0.25) is 0 Å². The van der Waals surface area contributed by atoms with E-state index in [0.29, 0.717) is 39.0 Å². The smallest absolute Gasteiger partial charge is 0.322 e. The molecule has 6 rings (SSSR count). The van der Waals surface area contributed by atoms with Gasteiger partial charge in [0.2, 0.25) is 11.8 Å². The summed E-state index contributed by atoms with van der Waals surface area (Å²) in [6, 6.07) is 7.50. The fraction of sp³-hybridized carbons (Fsp3) is 0.649. The van der Waals surface area contributed by atoms with Gasteiger partial charge in [-0.25, -0.2) is 9.18 Å². The molecule has 4 amide bonds. The Morgan fingerprint density at radius 3 is 2.42 bits per heavy atom. The average molecular weight is 681 g/mol. The van der Waals surface area contributed by atoms with Gasteiger partial charge in [0.15, 0.2) is 0 Å². The number of likely N-dealkylation sites (tertiary alicyclic amines) is 1. The lowest BCUT2D eigenvalue weighted by Crippen LogP contribution is -2.58. The van der Waals surface area contributed by atoms with Gasteiger partial charge in [0, 0.05) is 82.0 Å². The number of halogens is 1. The molecule has 0 radical (unpaired) electrons. The number of nitrogens with zero attached hydrogens (tertiary/aromatic N) is 5. The standard InChI is InChI=1S/C37H53FN6O3S/c1-25(2)24-44-34(46)31(48-35(44)28-10-8-11-29(38)33(28)41-19-21-42(22-20-41)37(3,4)5)23-32(45)40-16-14-27(15-17-40)43-18-13-26-9-6-7-12-30(26)39-36(43)47/h6-12,25,27-28,31,33,35H,13-24H2,1-5H3,(H,39,47)/t28?,31-,33?,35+/m0/s1. The van der Waals surface area contributed by atoms with Crippen LogP contribution in [0.1, 0.15) is 59.4 Å². The van der Waals surface area contributed by atoms with Crippen LogP contribution in [0, 0.1) is 11.8 Å². The van der Waals surface area contributed by atoms with E-state index >= 15 is 4.39 Å². The number of allylic oxidation sites excluding steroid dienone is 2. The Morgan fingerprint density at radius 2 is 1.73 bits per heavy atom. The number of para-hydroxylation sites is 1. The first kappa shape index (κ1) is 35.0. The minimum atomic E-state index is -0.491. The molecular weight excluding hydrogens is 628 g/mol. The van der Waals surface area contributed by atoms with Crippen LogP contribution in [0.15, 0.2) is 48.3 Å². The minimum absolute atomic E-state index is 0.0117. The molecule has 9 nitrogen and oxygen atoms in total. The van der Waals surface area contributed by atoms with Gasteiger partial charge in [0.1, 0.15) is 5.83 Å². The molecular formula is C37H53FN6O3S. The van der Waals surface area contributed by atoms with Crippen LogP contribution in [0.5, 0.6) is 0 Å². The molecule has 0 spiro atoms. The molecule has 2 unspecified atom stereocenters. The van der Waals surface area contributed by atoms with Crippen molar-refractivity contribution in [3.05, 3.63) is 53.9 Å². The lowest BCUT2D eigenvalue weighted by atomic mass is 9.90. The number of piperidine rings is 1. The molecule has 11 heteroatoms. The summed E-state index contributed by atoms with van der Waals surface area (Å²) < 4.78 is 15.7. The van der Waals surface area contributed by atoms with E-state index < -0.39 is 11.3 Å². The monoisotopic (exact) mass is 680 g/mol. The zero-order valence-electron chi connectivity index (χ0n) is 29.2. The van der Waals surface area contributed by atoms with Crippen LogP contribution >= 0.6 is 11.8 Å². The van der Waals surface area contributed by atoms with Crippen molar-refractivity contribution in [2.45, 2.75) is 88.5 Å². The van der Waals surface area contributed by atoms with Crippen LogP contribution in [0.3, 0.4) is 0 Å². The van der Waals surface area contributed by atoms with Crippen LogP contribution in [0.4, 0.5) is 14.9 Å². The van der Waals surface area contributed by atoms with Crippen LogP contribution in [-0.2, 0) is 16.0 Å². The molecule has 4 atom stereocenters. The van der Waals surface area contributed by atoms with Gasteiger partial charge < -0.3 is 20.0 Å². The van der Waals surface area contributed by atoms with Gasteiger partial charge in [-0.05, 0) is 63.7 Å². The zero-order valence-corrected chi connectivity index (χ0v) is 30.1. The predicted octanol–water partition coefficient (Wildman–Crippen LogP) is 5.21. The highest BCUT2D eigenvalue weighted by Crippen LogP contribution is 2.44. The third-order valence-corrected chi connectivity index (χ3v) is 12.3.